The van der Waals surface area contributed by atoms with Crippen LogP contribution in [0.1, 0.15) is 67.4 Å². The van der Waals surface area contributed by atoms with Crippen molar-refractivity contribution < 1.29 is 14.7 Å². The van der Waals surface area contributed by atoms with Crippen molar-refractivity contribution in [1.29, 1.82) is 0 Å². The van der Waals surface area contributed by atoms with E-state index in [1.54, 1.807) is 27.1 Å². The molecule has 1 aliphatic rings. The number of carboxylic acids is 1. The number of aromatic nitrogens is 3. The molecular formula is C26H30N4O3S. The number of anilines is 1. The van der Waals surface area contributed by atoms with E-state index < -0.39 is 5.97 Å². The maximum atomic E-state index is 13.5. The summed E-state index contributed by atoms with van der Waals surface area (Å²) < 4.78 is 1.54. The lowest BCUT2D eigenvalue weighted by Crippen LogP contribution is -2.43. The Kier molecular flexibility index (Phi) is 7.26. The molecule has 1 aromatic carbocycles. The van der Waals surface area contributed by atoms with Crippen molar-refractivity contribution >= 4 is 41.2 Å². The Balaban J connectivity index is 1.61. The molecule has 4 rings (SSSR count). The van der Waals surface area contributed by atoms with Crippen molar-refractivity contribution in [2.75, 3.05) is 4.90 Å². The van der Waals surface area contributed by atoms with Gasteiger partial charge < -0.3 is 5.11 Å². The summed E-state index contributed by atoms with van der Waals surface area (Å²) in [5, 5.41) is 17.3. The Labute approximate surface area is 203 Å². The van der Waals surface area contributed by atoms with Crippen molar-refractivity contribution in [3.8, 4) is 5.69 Å². The molecule has 1 amide bonds. The van der Waals surface area contributed by atoms with Crippen molar-refractivity contribution in [1.82, 2.24) is 14.8 Å². The van der Waals surface area contributed by atoms with Crippen LogP contribution in [0.5, 0.6) is 0 Å². The van der Waals surface area contributed by atoms with Crippen molar-refractivity contribution in [3.63, 3.8) is 0 Å². The van der Waals surface area contributed by atoms with Gasteiger partial charge in [-0.1, -0.05) is 25.1 Å². The number of rotatable bonds is 7. The monoisotopic (exact) mass is 478 g/mol. The molecule has 8 heteroatoms. The fourth-order valence-electron chi connectivity index (χ4n) is 4.36. The van der Waals surface area contributed by atoms with Gasteiger partial charge in [0.2, 0.25) is 5.91 Å². The van der Waals surface area contributed by atoms with E-state index in [1.165, 1.54) is 6.20 Å². The van der Waals surface area contributed by atoms with E-state index in [0.717, 1.165) is 41.9 Å². The molecule has 0 spiro atoms. The predicted octanol–water partition coefficient (Wildman–Crippen LogP) is 5.77. The molecule has 0 radical (unpaired) electrons. The van der Waals surface area contributed by atoms with Crippen LogP contribution >= 0.6 is 11.3 Å². The Morgan fingerprint density at radius 1 is 1.15 bits per heavy atom. The average Bonchev–Trinajstić information content (AvgIpc) is 3.49. The van der Waals surface area contributed by atoms with Crippen molar-refractivity contribution in [2.24, 2.45) is 11.8 Å². The van der Waals surface area contributed by atoms with Crippen LogP contribution in [0.4, 0.5) is 5.82 Å². The first-order valence-corrected chi connectivity index (χ1v) is 12.6. The SMILES string of the molecule is CC1CCC(C(=O)N(c2nn(-c3ccc(C=Cc4nccs4)cc3)cc2C(=O)O)C(C)C)CC1. The van der Waals surface area contributed by atoms with Crippen LogP contribution in [0, 0.1) is 11.8 Å². The quantitative estimate of drug-likeness (QED) is 0.466. The lowest BCUT2D eigenvalue weighted by Gasteiger charge is -2.32. The number of carbonyl (C=O) groups is 2. The van der Waals surface area contributed by atoms with E-state index in [9.17, 15) is 14.7 Å². The van der Waals surface area contributed by atoms with Crippen LogP contribution in [0.3, 0.4) is 0 Å². The molecule has 1 aliphatic carbocycles. The molecule has 1 fully saturated rings. The maximum Gasteiger partial charge on any atom is 0.341 e. The number of nitrogens with zero attached hydrogens (tertiary/aromatic N) is 4. The van der Waals surface area contributed by atoms with Gasteiger partial charge >= 0.3 is 5.97 Å². The highest BCUT2D eigenvalue weighted by Gasteiger charge is 2.34. The van der Waals surface area contributed by atoms with Gasteiger partial charge in [0.1, 0.15) is 10.6 Å². The standard InChI is InChI=1S/C26H30N4O3S/c1-17(2)30(25(31)20-9-4-18(3)5-10-20)24-22(26(32)33)16-29(28-24)21-11-6-19(7-12-21)8-13-23-27-14-15-34-23/h6-8,11-18,20H,4-5,9-10H2,1-3H3,(H,32,33). The highest BCUT2D eigenvalue weighted by molar-refractivity contribution is 7.10. The summed E-state index contributed by atoms with van der Waals surface area (Å²) in [6, 6.07) is 7.44. The van der Waals surface area contributed by atoms with Gasteiger partial charge in [-0.15, -0.1) is 16.4 Å². The van der Waals surface area contributed by atoms with E-state index in [0.29, 0.717) is 5.92 Å². The van der Waals surface area contributed by atoms with Crippen LogP contribution < -0.4 is 4.90 Å². The number of carboxylic acid groups (broad SMARTS) is 1. The van der Waals surface area contributed by atoms with E-state index in [4.69, 9.17) is 0 Å². The normalized spacial score (nSPS) is 18.5. The molecule has 0 saturated heterocycles. The molecule has 7 nitrogen and oxygen atoms in total. The first kappa shape index (κ1) is 23.9. The topological polar surface area (TPSA) is 88.3 Å². The zero-order valence-corrected chi connectivity index (χ0v) is 20.5. The summed E-state index contributed by atoms with van der Waals surface area (Å²) >= 11 is 1.57. The molecule has 3 aromatic rings. The zero-order chi connectivity index (χ0) is 24.2. The second kappa shape index (κ2) is 10.3. The Bertz CT molecular complexity index is 1160. The lowest BCUT2D eigenvalue weighted by atomic mass is 9.82. The van der Waals surface area contributed by atoms with Gasteiger partial charge in [0.05, 0.1) is 5.69 Å². The minimum absolute atomic E-state index is 0.0268. The highest BCUT2D eigenvalue weighted by Crippen LogP contribution is 2.32. The van der Waals surface area contributed by atoms with Gasteiger partial charge in [0.25, 0.3) is 0 Å². The van der Waals surface area contributed by atoms with Gasteiger partial charge in [-0.05, 0) is 69.2 Å². The van der Waals surface area contributed by atoms with Crippen LogP contribution in [0.2, 0.25) is 0 Å². The van der Waals surface area contributed by atoms with Gasteiger partial charge in [-0.3, -0.25) is 9.69 Å². The van der Waals surface area contributed by atoms with E-state index in [-0.39, 0.29) is 29.2 Å². The largest absolute Gasteiger partial charge is 0.477 e. The Morgan fingerprint density at radius 3 is 2.44 bits per heavy atom. The fourth-order valence-corrected chi connectivity index (χ4v) is 4.88. The van der Waals surface area contributed by atoms with Gasteiger partial charge in [-0.25, -0.2) is 14.5 Å². The minimum Gasteiger partial charge on any atom is -0.477 e. The first-order chi connectivity index (χ1) is 16.3. The molecule has 0 unspecified atom stereocenters. The summed E-state index contributed by atoms with van der Waals surface area (Å²) in [6.45, 7) is 6.01. The second-order valence-electron chi connectivity index (χ2n) is 9.17. The zero-order valence-electron chi connectivity index (χ0n) is 19.7. The van der Waals surface area contributed by atoms with Gasteiger partial charge in [-0.2, -0.15) is 0 Å². The van der Waals surface area contributed by atoms with Crippen LogP contribution in [0.25, 0.3) is 17.8 Å². The number of aromatic carboxylic acids is 1. The molecular weight excluding hydrogens is 448 g/mol. The molecule has 0 bridgehead atoms. The predicted molar refractivity (Wildman–Crippen MR) is 135 cm³/mol. The molecule has 0 atom stereocenters. The average molecular weight is 479 g/mol. The molecule has 2 aromatic heterocycles. The summed E-state index contributed by atoms with van der Waals surface area (Å²) in [5.41, 5.74) is 1.75. The van der Waals surface area contributed by atoms with Crippen LogP contribution in [0.15, 0.2) is 42.0 Å². The smallest absolute Gasteiger partial charge is 0.341 e. The summed E-state index contributed by atoms with van der Waals surface area (Å²) in [5.74, 6) is -0.379. The highest BCUT2D eigenvalue weighted by atomic mass is 32.1. The number of hydrogen-bond acceptors (Lipinski definition) is 5. The van der Waals surface area contributed by atoms with Gasteiger partial charge in [0, 0.05) is 29.7 Å². The van der Waals surface area contributed by atoms with Crippen LogP contribution in [-0.4, -0.2) is 37.8 Å². The molecule has 0 aliphatic heterocycles. The fraction of sp³-hybridized carbons (Fsp3) is 0.385. The molecule has 1 N–H and O–H groups in total. The molecule has 178 valence electrons. The number of hydrogen-bond donors (Lipinski definition) is 1. The van der Waals surface area contributed by atoms with Crippen molar-refractivity contribution in [3.05, 3.63) is 58.2 Å². The lowest BCUT2D eigenvalue weighted by molar-refractivity contribution is -0.123. The molecule has 2 heterocycles. The molecule has 34 heavy (non-hydrogen) atoms. The number of thiazole rings is 1. The summed E-state index contributed by atoms with van der Waals surface area (Å²) in [4.78, 5) is 31.3. The number of carbonyl (C=O) groups excluding carboxylic acids is 1. The van der Waals surface area contributed by atoms with Crippen molar-refractivity contribution in [2.45, 2.75) is 52.5 Å². The number of amides is 1. The second-order valence-corrected chi connectivity index (χ2v) is 10.1. The summed E-state index contributed by atoms with van der Waals surface area (Å²) in [7, 11) is 0. The minimum atomic E-state index is -1.10. The Hall–Kier alpha value is -3.26. The molecule has 1 saturated carbocycles. The third kappa shape index (κ3) is 5.28. The van der Waals surface area contributed by atoms with E-state index >= 15 is 0 Å². The third-order valence-electron chi connectivity index (χ3n) is 6.30. The summed E-state index contributed by atoms with van der Waals surface area (Å²) in [6.07, 6.45) is 10.9. The Morgan fingerprint density at radius 2 is 1.85 bits per heavy atom. The number of benzene rings is 1. The van der Waals surface area contributed by atoms with Crippen LogP contribution in [-0.2, 0) is 4.79 Å². The first-order valence-electron chi connectivity index (χ1n) is 11.7. The van der Waals surface area contributed by atoms with Gasteiger partial charge in [0.15, 0.2) is 5.82 Å². The van der Waals surface area contributed by atoms with E-state index in [2.05, 4.69) is 17.0 Å². The third-order valence-corrected chi connectivity index (χ3v) is 7.04. The maximum absolute atomic E-state index is 13.5. The van der Waals surface area contributed by atoms with E-state index in [1.807, 2.05) is 55.6 Å².